The molecule has 14 heavy (non-hydrogen) atoms. The van der Waals surface area contributed by atoms with E-state index in [-0.39, 0.29) is 0 Å². The van der Waals surface area contributed by atoms with E-state index in [1.54, 1.807) is 6.20 Å². The highest BCUT2D eigenvalue weighted by Crippen LogP contribution is 2.23. The Bertz CT molecular complexity index is 413. The van der Waals surface area contributed by atoms with Crippen LogP contribution in [-0.2, 0) is 0 Å². The third-order valence-electron chi connectivity index (χ3n) is 1.86. The summed E-state index contributed by atoms with van der Waals surface area (Å²) in [4.78, 5) is 4.10. The minimum absolute atomic E-state index is 0.738. The molecule has 0 atom stereocenters. The molecule has 0 bridgehead atoms. The van der Waals surface area contributed by atoms with Crippen LogP contribution in [0.3, 0.4) is 0 Å². The van der Waals surface area contributed by atoms with Gasteiger partial charge in [-0.05, 0) is 39.7 Å². The molecule has 2 aromatic rings. The largest absolute Gasteiger partial charge is 0.263 e. The zero-order chi connectivity index (χ0) is 9.97. The van der Waals surface area contributed by atoms with Crippen molar-refractivity contribution in [2.24, 2.45) is 0 Å². The van der Waals surface area contributed by atoms with Crippen LogP contribution in [0, 0.1) is 0 Å². The van der Waals surface area contributed by atoms with Gasteiger partial charge in [-0.2, -0.15) is 0 Å². The van der Waals surface area contributed by atoms with E-state index in [0.29, 0.717) is 0 Å². The second kappa shape index (κ2) is 4.11. The molecule has 0 radical (unpaired) electrons. The van der Waals surface area contributed by atoms with Crippen LogP contribution in [0.1, 0.15) is 0 Å². The molecule has 0 fully saturated rings. The molecule has 0 aliphatic carbocycles. The molecule has 3 heteroatoms. The number of aromatic nitrogens is 1. The molecular formula is C11H7BrClN. The van der Waals surface area contributed by atoms with Crippen LogP contribution in [-0.4, -0.2) is 4.98 Å². The Hall–Kier alpha value is -0.860. The first-order valence-corrected chi connectivity index (χ1v) is 5.29. The molecule has 1 nitrogen and oxygen atoms in total. The van der Waals surface area contributed by atoms with E-state index in [2.05, 4.69) is 20.9 Å². The lowest BCUT2D eigenvalue weighted by Gasteiger charge is -2.01. The molecule has 0 saturated carbocycles. The maximum Gasteiger partial charge on any atom is 0.0412 e. The molecule has 1 heterocycles. The van der Waals surface area contributed by atoms with Crippen molar-refractivity contribution in [2.45, 2.75) is 0 Å². The van der Waals surface area contributed by atoms with Crippen LogP contribution in [0.4, 0.5) is 0 Å². The van der Waals surface area contributed by atoms with Gasteiger partial charge >= 0.3 is 0 Å². The fourth-order valence-corrected chi connectivity index (χ4v) is 1.79. The van der Waals surface area contributed by atoms with Gasteiger partial charge in [0.05, 0.1) is 0 Å². The standard InChI is InChI=1S/C11H7BrClN/c12-10-4-9(6-14-7-10)8-2-1-3-11(13)5-8/h1-7H. The number of nitrogens with zero attached hydrogens (tertiary/aromatic N) is 1. The van der Waals surface area contributed by atoms with Crippen LogP contribution >= 0.6 is 27.5 Å². The van der Waals surface area contributed by atoms with Crippen molar-refractivity contribution < 1.29 is 0 Å². The number of pyridine rings is 1. The lowest BCUT2D eigenvalue weighted by molar-refractivity contribution is 1.31. The van der Waals surface area contributed by atoms with Gasteiger partial charge < -0.3 is 0 Å². The monoisotopic (exact) mass is 267 g/mol. The number of hydrogen-bond donors (Lipinski definition) is 0. The molecule has 0 saturated heterocycles. The van der Waals surface area contributed by atoms with Gasteiger partial charge in [0, 0.05) is 27.5 Å². The number of halogens is 2. The zero-order valence-corrected chi connectivity index (χ0v) is 9.59. The fourth-order valence-electron chi connectivity index (χ4n) is 1.24. The van der Waals surface area contributed by atoms with E-state index in [4.69, 9.17) is 11.6 Å². The highest BCUT2D eigenvalue weighted by molar-refractivity contribution is 9.10. The number of hydrogen-bond acceptors (Lipinski definition) is 1. The molecule has 0 unspecified atom stereocenters. The van der Waals surface area contributed by atoms with Gasteiger partial charge in [0.15, 0.2) is 0 Å². The molecule has 1 aromatic heterocycles. The van der Waals surface area contributed by atoms with Crippen LogP contribution in [0.25, 0.3) is 11.1 Å². The maximum atomic E-state index is 5.90. The molecule has 0 spiro atoms. The number of rotatable bonds is 1. The van der Waals surface area contributed by atoms with E-state index >= 15 is 0 Å². The lowest BCUT2D eigenvalue weighted by Crippen LogP contribution is -1.79. The minimum atomic E-state index is 0.738. The Labute approximate surface area is 95.9 Å². The van der Waals surface area contributed by atoms with Crippen molar-refractivity contribution >= 4 is 27.5 Å². The average molecular weight is 269 g/mol. The Morgan fingerprint density at radius 1 is 1.07 bits per heavy atom. The Morgan fingerprint density at radius 2 is 1.93 bits per heavy atom. The van der Waals surface area contributed by atoms with Crippen molar-refractivity contribution in [1.29, 1.82) is 0 Å². The summed E-state index contributed by atoms with van der Waals surface area (Å²) >= 11 is 9.28. The zero-order valence-electron chi connectivity index (χ0n) is 7.24. The molecule has 70 valence electrons. The SMILES string of the molecule is Clc1cccc(-c2cncc(Br)c2)c1. The summed E-state index contributed by atoms with van der Waals surface area (Å²) < 4.78 is 0.968. The van der Waals surface area contributed by atoms with Gasteiger partial charge in [-0.25, -0.2) is 0 Å². The maximum absolute atomic E-state index is 5.90. The van der Waals surface area contributed by atoms with Gasteiger partial charge in [-0.1, -0.05) is 23.7 Å². The van der Waals surface area contributed by atoms with E-state index in [1.807, 2.05) is 36.5 Å². The quantitative estimate of drug-likeness (QED) is 0.756. The van der Waals surface area contributed by atoms with Crippen molar-refractivity contribution in [1.82, 2.24) is 4.98 Å². The summed E-state index contributed by atoms with van der Waals surface area (Å²) in [6.07, 6.45) is 3.57. The van der Waals surface area contributed by atoms with E-state index in [1.165, 1.54) is 0 Å². The van der Waals surface area contributed by atoms with Gasteiger partial charge in [-0.3, -0.25) is 4.98 Å². The normalized spacial score (nSPS) is 10.1. The summed E-state index contributed by atoms with van der Waals surface area (Å²) in [7, 11) is 0. The van der Waals surface area contributed by atoms with Crippen molar-refractivity contribution in [3.63, 3.8) is 0 Å². The minimum Gasteiger partial charge on any atom is -0.263 e. The van der Waals surface area contributed by atoms with Gasteiger partial charge in [0.1, 0.15) is 0 Å². The molecule has 0 N–H and O–H groups in total. The van der Waals surface area contributed by atoms with E-state index in [0.717, 1.165) is 20.6 Å². The summed E-state index contributed by atoms with van der Waals surface area (Å²) in [6, 6.07) is 9.73. The molecule has 1 aromatic carbocycles. The van der Waals surface area contributed by atoms with Crippen LogP contribution in [0.15, 0.2) is 47.2 Å². The molecule has 0 amide bonds. The smallest absolute Gasteiger partial charge is 0.0412 e. The second-order valence-corrected chi connectivity index (χ2v) is 4.25. The third-order valence-corrected chi connectivity index (χ3v) is 2.53. The van der Waals surface area contributed by atoms with Crippen molar-refractivity contribution in [3.8, 4) is 11.1 Å². The molecule has 0 aliphatic rings. The second-order valence-electron chi connectivity index (χ2n) is 2.90. The van der Waals surface area contributed by atoms with E-state index < -0.39 is 0 Å². The summed E-state index contributed by atoms with van der Waals surface area (Å²) in [5.74, 6) is 0. The number of benzene rings is 1. The molecule has 0 aliphatic heterocycles. The lowest BCUT2D eigenvalue weighted by atomic mass is 10.1. The molecular weight excluding hydrogens is 261 g/mol. The van der Waals surface area contributed by atoms with Gasteiger partial charge in [0.25, 0.3) is 0 Å². The van der Waals surface area contributed by atoms with Crippen LogP contribution in [0.5, 0.6) is 0 Å². The summed E-state index contributed by atoms with van der Waals surface area (Å²) in [6.45, 7) is 0. The molecule has 2 rings (SSSR count). The van der Waals surface area contributed by atoms with Crippen molar-refractivity contribution in [3.05, 3.63) is 52.2 Å². The van der Waals surface area contributed by atoms with Crippen LogP contribution in [0.2, 0.25) is 5.02 Å². The summed E-state index contributed by atoms with van der Waals surface area (Å²) in [5, 5.41) is 0.738. The Kier molecular flexibility index (Phi) is 2.85. The topological polar surface area (TPSA) is 12.9 Å². The third kappa shape index (κ3) is 2.14. The summed E-state index contributed by atoms with van der Waals surface area (Å²) in [5.41, 5.74) is 2.13. The van der Waals surface area contributed by atoms with Crippen molar-refractivity contribution in [2.75, 3.05) is 0 Å². The van der Waals surface area contributed by atoms with Gasteiger partial charge in [0.2, 0.25) is 0 Å². The predicted molar refractivity (Wildman–Crippen MR) is 62.4 cm³/mol. The highest BCUT2D eigenvalue weighted by Gasteiger charge is 1.98. The van der Waals surface area contributed by atoms with Gasteiger partial charge in [-0.15, -0.1) is 0 Å². The Morgan fingerprint density at radius 3 is 2.64 bits per heavy atom. The first kappa shape index (κ1) is 9.69. The first-order valence-electron chi connectivity index (χ1n) is 4.12. The fraction of sp³-hybridized carbons (Fsp3) is 0. The van der Waals surface area contributed by atoms with E-state index in [9.17, 15) is 0 Å². The Balaban J connectivity index is 2.49. The van der Waals surface area contributed by atoms with Crippen LogP contribution < -0.4 is 0 Å². The predicted octanol–water partition coefficient (Wildman–Crippen LogP) is 4.16. The first-order chi connectivity index (χ1) is 6.75. The highest BCUT2D eigenvalue weighted by atomic mass is 79.9. The average Bonchev–Trinajstić information content (AvgIpc) is 2.18.